The predicted molar refractivity (Wildman–Crippen MR) is 60.1 cm³/mol. The van der Waals surface area contributed by atoms with Gasteiger partial charge in [-0.3, -0.25) is 4.98 Å². The molecular formula is C11H11NOS. The molecular weight excluding hydrogens is 194 g/mol. The zero-order valence-corrected chi connectivity index (χ0v) is 8.97. The van der Waals surface area contributed by atoms with Crippen LogP contribution >= 0.6 is 11.8 Å². The Labute approximate surface area is 87.3 Å². The number of rotatable bonds is 2. The van der Waals surface area contributed by atoms with Gasteiger partial charge in [0.25, 0.3) is 0 Å². The monoisotopic (exact) mass is 205 g/mol. The summed E-state index contributed by atoms with van der Waals surface area (Å²) in [4.78, 5) is 5.54. The maximum atomic E-state index is 5.28. The summed E-state index contributed by atoms with van der Waals surface area (Å²) in [5, 5.41) is 1.07. The Morgan fingerprint density at radius 3 is 2.86 bits per heavy atom. The van der Waals surface area contributed by atoms with Crippen molar-refractivity contribution < 1.29 is 4.74 Å². The minimum atomic E-state index is 0.880. The van der Waals surface area contributed by atoms with E-state index in [9.17, 15) is 0 Å². The SMILES string of the molecule is COc1ccc(SC)c2ncccc12. The maximum Gasteiger partial charge on any atom is 0.128 e. The summed E-state index contributed by atoms with van der Waals surface area (Å²) in [7, 11) is 1.68. The Kier molecular flexibility index (Phi) is 2.59. The summed E-state index contributed by atoms with van der Waals surface area (Å²) >= 11 is 1.70. The van der Waals surface area contributed by atoms with Crippen LogP contribution in [0.25, 0.3) is 10.9 Å². The summed E-state index contributed by atoms with van der Waals surface area (Å²) in [6.45, 7) is 0. The van der Waals surface area contributed by atoms with E-state index in [4.69, 9.17) is 4.74 Å². The van der Waals surface area contributed by atoms with Gasteiger partial charge >= 0.3 is 0 Å². The Morgan fingerprint density at radius 1 is 1.29 bits per heavy atom. The first-order chi connectivity index (χ1) is 6.86. The highest BCUT2D eigenvalue weighted by Gasteiger charge is 2.05. The van der Waals surface area contributed by atoms with E-state index in [0.717, 1.165) is 16.7 Å². The molecule has 0 saturated heterocycles. The minimum Gasteiger partial charge on any atom is -0.496 e. The topological polar surface area (TPSA) is 22.1 Å². The lowest BCUT2D eigenvalue weighted by atomic mass is 10.2. The molecule has 0 N–H and O–H groups in total. The molecule has 1 aromatic carbocycles. The Morgan fingerprint density at radius 2 is 2.14 bits per heavy atom. The van der Waals surface area contributed by atoms with Crippen LogP contribution in [0.3, 0.4) is 0 Å². The molecule has 0 aliphatic heterocycles. The molecule has 14 heavy (non-hydrogen) atoms. The fourth-order valence-electron chi connectivity index (χ4n) is 1.46. The van der Waals surface area contributed by atoms with Crippen LogP contribution in [0.15, 0.2) is 35.4 Å². The van der Waals surface area contributed by atoms with Crippen LogP contribution in [-0.4, -0.2) is 18.3 Å². The molecule has 2 aromatic rings. The Bertz CT molecular complexity index is 413. The lowest BCUT2D eigenvalue weighted by Crippen LogP contribution is -1.87. The number of hydrogen-bond donors (Lipinski definition) is 0. The van der Waals surface area contributed by atoms with Crippen molar-refractivity contribution in [2.45, 2.75) is 4.90 Å². The average Bonchev–Trinajstić information content (AvgIpc) is 2.27. The number of thioether (sulfide) groups is 1. The molecule has 0 fully saturated rings. The molecule has 0 bridgehead atoms. The summed E-state index contributed by atoms with van der Waals surface area (Å²) < 4.78 is 5.28. The molecule has 0 aliphatic carbocycles. The third kappa shape index (κ3) is 1.44. The quantitative estimate of drug-likeness (QED) is 0.704. The second-order valence-electron chi connectivity index (χ2n) is 2.87. The standard InChI is InChI=1S/C11H11NOS/c1-13-9-5-6-10(14-2)11-8(9)4-3-7-12-11/h3-7H,1-2H3. The highest BCUT2D eigenvalue weighted by molar-refractivity contribution is 7.98. The number of aromatic nitrogens is 1. The zero-order valence-electron chi connectivity index (χ0n) is 8.15. The van der Waals surface area contributed by atoms with Crippen molar-refractivity contribution in [1.29, 1.82) is 0 Å². The fourth-order valence-corrected chi connectivity index (χ4v) is 2.02. The van der Waals surface area contributed by atoms with Gasteiger partial charge in [0.1, 0.15) is 5.75 Å². The predicted octanol–water partition coefficient (Wildman–Crippen LogP) is 2.97. The van der Waals surface area contributed by atoms with Gasteiger partial charge in [0, 0.05) is 16.5 Å². The summed E-state index contributed by atoms with van der Waals surface area (Å²) in [5.74, 6) is 0.880. The van der Waals surface area contributed by atoms with Crippen LogP contribution < -0.4 is 4.74 Å². The van der Waals surface area contributed by atoms with Crippen LogP contribution in [0, 0.1) is 0 Å². The number of benzene rings is 1. The van der Waals surface area contributed by atoms with E-state index in [1.807, 2.05) is 30.5 Å². The third-order valence-electron chi connectivity index (χ3n) is 2.13. The van der Waals surface area contributed by atoms with Crippen molar-refractivity contribution in [3.8, 4) is 5.75 Å². The number of methoxy groups -OCH3 is 1. The second-order valence-corrected chi connectivity index (χ2v) is 3.72. The van der Waals surface area contributed by atoms with E-state index in [-0.39, 0.29) is 0 Å². The molecule has 0 unspecified atom stereocenters. The third-order valence-corrected chi connectivity index (χ3v) is 2.90. The first kappa shape index (κ1) is 9.34. The van der Waals surface area contributed by atoms with Gasteiger partial charge in [-0.25, -0.2) is 0 Å². The molecule has 0 aliphatic rings. The summed E-state index contributed by atoms with van der Waals surface area (Å²) in [5.41, 5.74) is 1.01. The van der Waals surface area contributed by atoms with Gasteiger partial charge in [-0.15, -0.1) is 11.8 Å². The lowest BCUT2D eigenvalue weighted by molar-refractivity contribution is 0.419. The smallest absolute Gasteiger partial charge is 0.128 e. The van der Waals surface area contributed by atoms with Crippen LogP contribution in [0.2, 0.25) is 0 Å². The summed E-state index contributed by atoms with van der Waals surface area (Å²) in [6.07, 6.45) is 3.86. The maximum absolute atomic E-state index is 5.28. The highest BCUT2D eigenvalue weighted by Crippen LogP contribution is 2.30. The molecule has 0 atom stereocenters. The lowest BCUT2D eigenvalue weighted by Gasteiger charge is -2.07. The van der Waals surface area contributed by atoms with Crippen molar-refractivity contribution in [3.63, 3.8) is 0 Å². The van der Waals surface area contributed by atoms with Gasteiger partial charge in [-0.2, -0.15) is 0 Å². The second kappa shape index (κ2) is 3.88. The molecule has 1 heterocycles. The van der Waals surface area contributed by atoms with E-state index in [1.165, 1.54) is 4.90 Å². The van der Waals surface area contributed by atoms with Crippen molar-refractivity contribution in [2.75, 3.05) is 13.4 Å². The largest absolute Gasteiger partial charge is 0.496 e. The van der Waals surface area contributed by atoms with Crippen molar-refractivity contribution >= 4 is 22.7 Å². The minimum absolute atomic E-state index is 0.880. The molecule has 0 radical (unpaired) electrons. The Balaban J connectivity index is 2.78. The van der Waals surface area contributed by atoms with Crippen LogP contribution in [0.5, 0.6) is 5.75 Å². The fraction of sp³-hybridized carbons (Fsp3) is 0.182. The normalized spacial score (nSPS) is 10.4. The van der Waals surface area contributed by atoms with Crippen LogP contribution in [0.1, 0.15) is 0 Å². The van der Waals surface area contributed by atoms with Crippen LogP contribution in [-0.2, 0) is 0 Å². The van der Waals surface area contributed by atoms with Crippen molar-refractivity contribution in [2.24, 2.45) is 0 Å². The Hall–Kier alpha value is -1.22. The number of pyridine rings is 1. The molecule has 2 rings (SSSR count). The van der Waals surface area contributed by atoms with Crippen molar-refractivity contribution in [3.05, 3.63) is 30.5 Å². The van der Waals surface area contributed by atoms with Gasteiger partial charge in [0.2, 0.25) is 0 Å². The van der Waals surface area contributed by atoms with Gasteiger partial charge in [-0.05, 0) is 30.5 Å². The number of fused-ring (bicyclic) bond motifs is 1. The highest BCUT2D eigenvalue weighted by atomic mass is 32.2. The van der Waals surface area contributed by atoms with Gasteiger partial charge in [0.05, 0.1) is 12.6 Å². The van der Waals surface area contributed by atoms with Crippen molar-refractivity contribution in [1.82, 2.24) is 4.98 Å². The summed E-state index contributed by atoms with van der Waals surface area (Å²) in [6, 6.07) is 7.98. The first-order valence-electron chi connectivity index (χ1n) is 4.32. The molecule has 0 saturated carbocycles. The van der Waals surface area contributed by atoms with Crippen LogP contribution in [0.4, 0.5) is 0 Å². The molecule has 2 nitrogen and oxygen atoms in total. The van der Waals surface area contributed by atoms with Gasteiger partial charge in [0.15, 0.2) is 0 Å². The molecule has 3 heteroatoms. The zero-order chi connectivity index (χ0) is 9.97. The number of ether oxygens (including phenoxy) is 1. The number of nitrogens with zero attached hydrogens (tertiary/aromatic N) is 1. The van der Waals surface area contributed by atoms with E-state index >= 15 is 0 Å². The molecule has 72 valence electrons. The van der Waals surface area contributed by atoms with E-state index in [1.54, 1.807) is 18.9 Å². The molecule has 0 amide bonds. The molecule has 0 spiro atoms. The van der Waals surface area contributed by atoms with Gasteiger partial charge in [-0.1, -0.05) is 0 Å². The van der Waals surface area contributed by atoms with E-state index < -0.39 is 0 Å². The average molecular weight is 205 g/mol. The number of hydrogen-bond acceptors (Lipinski definition) is 3. The molecule has 1 aromatic heterocycles. The van der Waals surface area contributed by atoms with E-state index in [2.05, 4.69) is 11.2 Å². The first-order valence-corrected chi connectivity index (χ1v) is 5.55. The van der Waals surface area contributed by atoms with E-state index in [0.29, 0.717) is 0 Å². The van der Waals surface area contributed by atoms with Gasteiger partial charge < -0.3 is 4.74 Å².